The van der Waals surface area contributed by atoms with E-state index in [4.69, 9.17) is 4.74 Å². The van der Waals surface area contributed by atoms with Gasteiger partial charge in [0.15, 0.2) is 6.61 Å². The van der Waals surface area contributed by atoms with Crippen LogP contribution in [0, 0.1) is 12.7 Å². The van der Waals surface area contributed by atoms with Crippen molar-refractivity contribution in [3.63, 3.8) is 0 Å². The molecule has 1 amide bonds. The summed E-state index contributed by atoms with van der Waals surface area (Å²) in [5.74, 6) is -1.37. The van der Waals surface area contributed by atoms with Gasteiger partial charge in [0.1, 0.15) is 5.82 Å². The molecule has 1 heterocycles. The molecule has 7 nitrogen and oxygen atoms in total. The fraction of sp³-hybridized carbons (Fsp3) is 0.190. The lowest BCUT2D eigenvalue weighted by Crippen LogP contribution is -2.30. The summed E-state index contributed by atoms with van der Waals surface area (Å²) in [5, 5.41) is 0. The standard InChI is InChI=1S/C21H20FN3O4/c1-14-11-23-21(28)25(14)18-9-5-16(6-10-18)20(27)29-13-19(26)24(2)12-15-3-7-17(22)8-4-15/h3-11H,12-13H2,1-2H3,(H,23,28). The van der Waals surface area contributed by atoms with Crippen LogP contribution < -0.4 is 5.69 Å². The highest BCUT2D eigenvalue weighted by atomic mass is 19.1. The Bertz CT molecular complexity index is 1070. The summed E-state index contributed by atoms with van der Waals surface area (Å²) in [6.45, 7) is 1.65. The largest absolute Gasteiger partial charge is 0.452 e. The number of rotatable bonds is 6. The molecule has 8 heteroatoms. The molecule has 29 heavy (non-hydrogen) atoms. The van der Waals surface area contributed by atoms with Crippen LogP contribution in [-0.2, 0) is 16.1 Å². The van der Waals surface area contributed by atoms with Crippen molar-refractivity contribution in [1.82, 2.24) is 14.5 Å². The molecule has 0 aliphatic carbocycles. The molecule has 1 N–H and O–H groups in total. The number of halogens is 1. The maximum Gasteiger partial charge on any atom is 0.338 e. The van der Waals surface area contributed by atoms with E-state index in [-0.39, 0.29) is 29.5 Å². The lowest BCUT2D eigenvalue weighted by Gasteiger charge is -2.17. The van der Waals surface area contributed by atoms with Crippen molar-refractivity contribution in [3.8, 4) is 5.69 Å². The normalized spacial score (nSPS) is 10.6. The lowest BCUT2D eigenvalue weighted by molar-refractivity contribution is -0.133. The Morgan fingerprint density at radius 1 is 1.10 bits per heavy atom. The molecule has 0 fully saturated rings. The summed E-state index contributed by atoms with van der Waals surface area (Å²) >= 11 is 0. The van der Waals surface area contributed by atoms with Gasteiger partial charge in [-0.25, -0.2) is 14.0 Å². The summed E-state index contributed by atoms with van der Waals surface area (Å²) in [7, 11) is 1.57. The van der Waals surface area contributed by atoms with Gasteiger partial charge in [0.2, 0.25) is 0 Å². The van der Waals surface area contributed by atoms with E-state index in [0.717, 1.165) is 11.3 Å². The highest BCUT2D eigenvalue weighted by Crippen LogP contribution is 2.11. The molecule has 3 rings (SSSR count). The van der Waals surface area contributed by atoms with Crippen molar-refractivity contribution in [2.75, 3.05) is 13.7 Å². The smallest absolute Gasteiger partial charge is 0.338 e. The number of likely N-dealkylation sites (N-methyl/N-ethyl adjacent to an activating group) is 1. The predicted molar refractivity (Wildman–Crippen MR) is 104 cm³/mol. The molecule has 3 aromatic rings. The Morgan fingerprint density at radius 2 is 1.76 bits per heavy atom. The molecule has 0 unspecified atom stereocenters. The highest BCUT2D eigenvalue weighted by Gasteiger charge is 2.14. The third-order valence-electron chi connectivity index (χ3n) is 4.41. The van der Waals surface area contributed by atoms with Crippen molar-refractivity contribution < 1.29 is 18.7 Å². The molecule has 0 atom stereocenters. The second-order valence-corrected chi connectivity index (χ2v) is 6.57. The first kappa shape index (κ1) is 20.1. The van der Waals surface area contributed by atoms with Gasteiger partial charge in [-0.1, -0.05) is 12.1 Å². The molecular formula is C21H20FN3O4. The van der Waals surface area contributed by atoms with E-state index in [1.54, 1.807) is 44.4 Å². The van der Waals surface area contributed by atoms with Crippen molar-refractivity contribution in [2.24, 2.45) is 0 Å². The van der Waals surface area contributed by atoms with E-state index in [9.17, 15) is 18.8 Å². The van der Waals surface area contributed by atoms with Crippen LogP contribution in [0.1, 0.15) is 21.6 Å². The van der Waals surface area contributed by atoms with Crippen LogP contribution in [-0.4, -0.2) is 40.0 Å². The zero-order valence-corrected chi connectivity index (χ0v) is 16.0. The minimum atomic E-state index is -0.641. The number of nitrogens with one attached hydrogen (secondary N) is 1. The van der Waals surface area contributed by atoms with Gasteiger partial charge < -0.3 is 14.6 Å². The van der Waals surface area contributed by atoms with Gasteiger partial charge >= 0.3 is 11.7 Å². The van der Waals surface area contributed by atoms with Crippen LogP contribution in [0.25, 0.3) is 5.69 Å². The summed E-state index contributed by atoms with van der Waals surface area (Å²) in [6, 6.07) is 12.1. The third kappa shape index (κ3) is 4.78. The van der Waals surface area contributed by atoms with Crippen molar-refractivity contribution >= 4 is 11.9 Å². The number of aromatic amines is 1. The number of carbonyl (C=O) groups excluding carboxylic acids is 2. The Hall–Kier alpha value is -3.68. The van der Waals surface area contributed by atoms with E-state index in [2.05, 4.69) is 4.98 Å². The molecule has 2 aromatic carbocycles. The molecule has 0 radical (unpaired) electrons. The summed E-state index contributed by atoms with van der Waals surface area (Å²) in [6.07, 6.45) is 1.60. The predicted octanol–water partition coefficient (Wildman–Crippen LogP) is 2.43. The molecule has 1 aromatic heterocycles. The van der Waals surface area contributed by atoms with Gasteiger partial charge in [-0.05, 0) is 48.9 Å². The zero-order chi connectivity index (χ0) is 21.0. The Balaban J connectivity index is 1.56. The van der Waals surface area contributed by atoms with Gasteiger partial charge in [0, 0.05) is 25.5 Å². The van der Waals surface area contributed by atoms with Crippen LogP contribution in [0.3, 0.4) is 0 Å². The van der Waals surface area contributed by atoms with Crippen LogP contribution in [0.4, 0.5) is 4.39 Å². The van der Waals surface area contributed by atoms with E-state index in [0.29, 0.717) is 5.69 Å². The number of aryl methyl sites for hydroxylation is 1. The third-order valence-corrected chi connectivity index (χ3v) is 4.41. The number of carbonyl (C=O) groups is 2. The minimum absolute atomic E-state index is 0.268. The minimum Gasteiger partial charge on any atom is -0.452 e. The number of H-pyrrole nitrogens is 1. The first-order chi connectivity index (χ1) is 13.8. The maximum atomic E-state index is 12.9. The SMILES string of the molecule is Cc1c[nH]c(=O)n1-c1ccc(C(=O)OCC(=O)N(C)Cc2ccc(F)cc2)cc1. The quantitative estimate of drug-likeness (QED) is 0.648. The second-order valence-electron chi connectivity index (χ2n) is 6.57. The Morgan fingerprint density at radius 3 is 2.34 bits per heavy atom. The number of benzene rings is 2. The number of amides is 1. The van der Waals surface area contributed by atoms with Crippen LogP contribution in [0.5, 0.6) is 0 Å². The average Bonchev–Trinajstić information content (AvgIpc) is 3.05. The van der Waals surface area contributed by atoms with Crippen LogP contribution in [0.2, 0.25) is 0 Å². The van der Waals surface area contributed by atoms with E-state index < -0.39 is 12.6 Å². The highest BCUT2D eigenvalue weighted by molar-refractivity contribution is 5.91. The topological polar surface area (TPSA) is 84.4 Å². The van der Waals surface area contributed by atoms with Crippen molar-refractivity contribution in [1.29, 1.82) is 0 Å². The van der Waals surface area contributed by atoms with E-state index in [1.807, 2.05) is 0 Å². The molecular weight excluding hydrogens is 377 g/mol. The number of esters is 1. The Kier molecular flexibility index (Phi) is 5.92. The zero-order valence-electron chi connectivity index (χ0n) is 16.0. The molecule has 0 aliphatic heterocycles. The molecule has 0 spiro atoms. The summed E-state index contributed by atoms with van der Waals surface area (Å²) in [4.78, 5) is 40.1. The molecule has 0 bridgehead atoms. The molecule has 0 saturated heterocycles. The summed E-state index contributed by atoms with van der Waals surface area (Å²) in [5.41, 5.74) is 2.11. The average molecular weight is 397 g/mol. The number of nitrogens with zero attached hydrogens (tertiary/aromatic N) is 2. The lowest BCUT2D eigenvalue weighted by atomic mass is 10.2. The molecule has 0 aliphatic rings. The number of hydrogen-bond donors (Lipinski definition) is 1. The molecule has 150 valence electrons. The Labute approximate surface area is 166 Å². The van der Waals surface area contributed by atoms with Gasteiger partial charge in [0.25, 0.3) is 5.91 Å². The van der Waals surface area contributed by atoms with E-state index >= 15 is 0 Å². The fourth-order valence-electron chi connectivity index (χ4n) is 2.80. The second kappa shape index (κ2) is 8.55. The van der Waals surface area contributed by atoms with Crippen LogP contribution >= 0.6 is 0 Å². The first-order valence-corrected chi connectivity index (χ1v) is 8.88. The maximum absolute atomic E-state index is 12.9. The van der Waals surface area contributed by atoms with Gasteiger partial charge in [-0.2, -0.15) is 0 Å². The van der Waals surface area contributed by atoms with E-state index in [1.165, 1.54) is 33.7 Å². The van der Waals surface area contributed by atoms with Gasteiger partial charge in [-0.15, -0.1) is 0 Å². The van der Waals surface area contributed by atoms with Gasteiger partial charge in [0.05, 0.1) is 11.3 Å². The van der Waals surface area contributed by atoms with Gasteiger partial charge in [-0.3, -0.25) is 9.36 Å². The first-order valence-electron chi connectivity index (χ1n) is 8.88. The number of ether oxygens (including phenoxy) is 1. The molecule has 0 saturated carbocycles. The van der Waals surface area contributed by atoms with Crippen molar-refractivity contribution in [2.45, 2.75) is 13.5 Å². The fourth-order valence-corrected chi connectivity index (χ4v) is 2.80. The monoisotopic (exact) mass is 397 g/mol. The summed E-state index contributed by atoms with van der Waals surface area (Å²) < 4.78 is 19.5. The number of aromatic nitrogens is 2. The number of imidazole rings is 1. The number of hydrogen-bond acceptors (Lipinski definition) is 4. The van der Waals surface area contributed by atoms with Crippen LogP contribution in [0.15, 0.2) is 59.5 Å². The van der Waals surface area contributed by atoms with Crippen molar-refractivity contribution in [3.05, 3.63) is 87.9 Å².